The molecule has 3 heterocycles. The second kappa shape index (κ2) is 10.4. The first-order valence-electron chi connectivity index (χ1n) is 11.8. The summed E-state index contributed by atoms with van der Waals surface area (Å²) in [5.74, 6) is 0.579. The predicted molar refractivity (Wildman–Crippen MR) is 133 cm³/mol. The van der Waals surface area contributed by atoms with Crippen molar-refractivity contribution in [3.05, 3.63) is 114 Å². The molecule has 2 aromatic heterocycles. The number of carbonyl (C=O) groups excluding carboxylic acids is 1. The molecule has 1 N–H and O–H groups in total. The number of likely N-dealkylation sites (tertiary alicyclic amines) is 1. The summed E-state index contributed by atoms with van der Waals surface area (Å²) in [5.41, 5.74) is 3.92. The molecule has 1 aliphatic heterocycles. The third kappa shape index (κ3) is 5.51. The lowest BCUT2D eigenvalue weighted by atomic mass is 9.92. The van der Waals surface area contributed by atoms with Crippen molar-refractivity contribution >= 4 is 17.5 Å². The number of nitrogens with zero attached hydrogens (tertiary/aromatic N) is 4. The van der Waals surface area contributed by atoms with Crippen LogP contribution in [-0.2, 0) is 6.42 Å². The van der Waals surface area contributed by atoms with Crippen molar-refractivity contribution in [3.8, 4) is 0 Å². The molecule has 0 aliphatic carbocycles. The lowest BCUT2D eigenvalue weighted by molar-refractivity contribution is 0.0712. The van der Waals surface area contributed by atoms with Crippen LogP contribution in [0.25, 0.3) is 0 Å². The molecule has 5 rings (SSSR count). The Morgan fingerprint density at radius 2 is 1.71 bits per heavy atom. The van der Waals surface area contributed by atoms with Gasteiger partial charge >= 0.3 is 0 Å². The molecule has 35 heavy (non-hydrogen) atoms. The Bertz CT molecular complexity index is 1310. The summed E-state index contributed by atoms with van der Waals surface area (Å²) in [7, 11) is 0. The van der Waals surface area contributed by atoms with E-state index < -0.39 is 0 Å². The highest BCUT2D eigenvalue weighted by molar-refractivity contribution is 5.95. The van der Waals surface area contributed by atoms with E-state index >= 15 is 0 Å². The number of hydrogen-bond donors (Lipinski definition) is 1. The van der Waals surface area contributed by atoms with Crippen LogP contribution in [0.4, 0.5) is 16.0 Å². The maximum absolute atomic E-state index is 14.0. The third-order valence-corrected chi connectivity index (χ3v) is 6.29. The Morgan fingerprint density at radius 1 is 0.943 bits per heavy atom. The zero-order valence-electron chi connectivity index (χ0n) is 19.3. The molecule has 1 aliphatic rings. The van der Waals surface area contributed by atoms with E-state index in [0.717, 1.165) is 29.9 Å². The number of rotatable bonds is 6. The van der Waals surface area contributed by atoms with Gasteiger partial charge in [0.05, 0.1) is 0 Å². The number of anilines is 2. The minimum atomic E-state index is -0.206. The van der Waals surface area contributed by atoms with Crippen molar-refractivity contribution in [1.29, 1.82) is 0 Å². The minimum absolute atomic E-state index is 0.0161. The number of halogens is 1. The summed E-state index contributed by atoms with van der Waals surface area (Å²) in [6.45, 7) is 1.34. The van der Waals surface area contributed by atoms with Gasteiger partial charge in [0.2, 0.25) is 5.95 Å². The van der Waals surface area contributed by atoms with Gasteiger partial charge in [-0.1, -0.05) is 30.3 Å². The van der Waals surface area contributed by atoms with Gasteiger partial charge in [0.25, 0.3) is 5.91 Å². The number of pyridine rings is 1. The minimum Gasteiger partial charge on any atom is -0.339 e. The smallest absolute Gasteiger partial charge is 0.253 e. The standard InChI is InChI=1S/C28H26FN5O/c29-25-10-2-1-6-21(25)18-23-9-4-11-26(32-23)20-12-16-34(17-13-20)27(35)22-7-3-8-24(19-22)33-28-30-14-5-15-31-28/h1-11,14-15,19-20H,12-13,16-18H2,(H,30,31,33). The highest BCUT2D eigenvalue weighted by Crippen LogP contribution is 2.28. The number of piperidine rings is 1. The summed E-state index contributed by atoms with van der Waals surface area (Å²) in [5, 5.41) is 3.13. The zero-order chi connectivity index (χ0) is 24.0. The molecule has 0 bridgehead atoms. The Balaban J connectivity index is 1.21. The van der Waals surface area contributed by atoms with Crippen LogP contribution in [0.3, 0.4) is 0 Å². The number of hydrogen-bond acceptors (Lipinski definition) is 5. The average Bonchev–Trinajstić information content (AvgIpc) is 2.91. The van der Waals surface area contributed by atoms with Crippen LogP contribution >= 0.6 is 0 Å². The van der Waals surface area contributed by atoms with Gasteiger partial charge in [-0.3, -0.25) is 9.78 Å². The molecule has 1 saturated heterocycles. The molecule has 0 saturated carbocycles. The van der Waals surface area contributed by atoms with Crippen LogP contribution in [0, 0.1) is 5.82 Å². The van der Waals surface area contributed by atoms with Crippen LogP contribution in [0.1, 0.15) is 46.1 Å². The largest absolute Gasteiger partial charge is 0.339 e. The van der Waals surface area contributed by atoms with Crippen molar-refractivity contribution in [2.75, 3.05) is 18.4 Å². The van der Waals surface area contributed by atoms with Crippen LogP contribution in [0.15, 0.2) is 85.2 Å². The Hall–Kier alpha value is -4.13. The molecule has 0 atom stereocenters. The topological polar surface area (TPSA) is 71.0 Å². The quantitative estimate of drug-likeness (QED) is 0.413. The number of benzene rings is 2. The summed E-state index contributed by atoms with van der Waals surface area (Å²) in [4.78, 5) is 28.2. The van der Waals surface area contributed by atoms with Crippen LogP contribution in [0.5, 0.6) is 0 Å². The van der Waals surface area contributed by atoms with E-state index in [0.29, 0.717) is 36.6 Å². The molecule has 1 fully saturated rings. The van der Waals surface area contributed by atoms with Crippen molar-refractivity contribution < 1.29 is 9.18 Å². The van der Waals surface area contributed by atoms with Crippen molar-refractivity contribution in [3.63, 3.8) is 0 Å². The maximum atomic E-state index is 14.0. The van der Waals surface area contributed by atoms with E-state index in [4.69, 9.17) is 4.98 Å². The van der Waals surface area contributed by atoms with Gasteiger partial charge in [-0.05, 0) is 60.9 Å². The molecular weight excluding hydrogens is 441 g/mol. The van der Waals surface area contributed by atoms with E-state index in [1.807, 2.05) is 53.4 Å². The molecule has 0 spiro atoms. The van der Waals surface area contributed by atoms with Crippen LogP contribution < -0.4 is 5.32 Å². The lowest BCUT2D eigenvalue weighted by Gasteiger charge is -2.32. The first-order chi connectivity index (χ1) is 17.2. The van der Waals surface area contributed by atoms with Gasteiger partial charge in [-0.15, -0.1) is 0 Å². The summed E-state index contributed by atoms with van der Waals surface area (Å²) >= 11 is 0. The van der Waals surface area contributed by atoms with E-state index in [1.165, 1.54) is 6.07 Å². The SMILES string of the molecule is O=C(c1cccc(Nc2ncccn2)c1)N1CCC(c2cccc(Cc3ccccc3F)n2)CC1. The normalized spacial score (nSPS) is 14.0. The Labute approximate surface area is 203 Å². The van der Waals surface area contributed by atoms with Crippen molar-refractivity contribution in [2.24, 2.45) is 0 Å². The first kappa shape index (κ1) is 22.7. The molecule has 1 amide bonds. The fourth-order valence-corrected chi connectivity index (χ4v) is 4.44. The number of amides is 1. The summed E-state index contributed by atoms with van der Waals surface area (Å²) < 4.78 is 14.0. The number of carbonyl (C=O) groups is 1. The molecule has 4 aromatic rings. The molecule has 176 valence electrons. The van der Waals surface area contributed by atoms with Gasteiger partial charge in [-0.2, -0.15) is 0 Å². The van der Waals surface area contributed by atoms with E-state index in [9.17, 15) is 9.18 Å². The zero-order valence-corrected chi connectivity index (χ0v) is 19.3. The highest BCUT2D eigenvalue weighted by atomic mass is 19.1. The van der Waals surface area contributed by atoms with E-state index in [2.05, 4.69) is 15.3 Å². The van der Waals surface area contributed by atoms with Crippen LogP contribution in [0.2, 0.25) is 0 Å². The first-order valence-corrected chi connectivity index (χ1v) is 11.8. The second-order valence-electron chi connectivity index (χ2n) is 8.67. The molecule has 2 aromatic carbocycles. The molecule has 6 nitrogen and oxygen atoms in total. The summed E-state index contributed by atoms with van der Waals surface area (Å²) in [6, 6.07) is 21.9. The third-order valence-electron chi connectivity index (χ3n) is 6.29. The number of aromatic nitrogens is 3. The van der Waals surface area contributed by atoms with Crippen LogP contribution in [-0.4, -0.2) is 38.8 Å². The van der Waals surface area contributed by atoms with Gasteiger partial charge in [0.1, 0.15) is 5.82 Å². The highest BCUT2D eigenvalue weighted by Gasteiger charge is 2.25. The van der Waals surface area contributed by atoms with Gasteiger partial charge in [0.15, 0.2) is 0 Å². The second-order valence-corrected chi connectivity index (χ2v) is 8.67. The average molecular weight is 468 g/mol. The lowest BCUT2D eigenvalue weighted by Crippen LogP contribution is -2.38. The van der Waals surface area contributed by atoms with E-state index in [1.54, 1.807) is 30.6 Å². The monoisotopic (exact) mass is 467 g/mol. The Morgan fingerprint density at radius 3 is 2.51 bits per heavy atom. The maximum Gasteiger partial charge on any atom is 0.253 e. The summed E-state index contributed by atoms with van der Waals surface area (Å²) in [6.07, 6.45) is 5.49. The number of nitrogens with one attached hydrogen (secondary N) is 1. The van der Waals surface area contributed by atoms with Gasteiger partial charge in [-0.25, -0.2) is 14.4 Å². The van der Waals surface area contributed by atoms with Gasteiger partial charge in [0, 0.05) is 60.5 Å². The molecule has 0 radical (unpaired) electrons. The fourth-order valence-electron chi connectivity index (χ4n) is 4.44. The fraction of sp³-hybridized carbons (Fsp3) is 0.214. The van der Waals surface area contributed by atoms with E-state index in [-0.39, 0.29) is 17.6 Å². The Kier molecular flexibility index (Phi) is 6.75. The molecule has 7 heteroatoms. The predicted octanol–water partition coefficient (Wildman–Crippen LogP) is 5.36. The van der Waals surface area contributed by atoms with Crippen molar-refractivity contribution in [1.82, 2.24) is 19.9 Å². The van der Waals surface area contributed by atoms with Crippen molar-refractivity contribution in [2.45, 2.75) is 25.2 Å². The van der Waals surface area contributed by atoms with Gasteiger partial charge < -0.3 is 10.2 Å². The molecule has 0 unspecified atom stereocenters. The molecular formula is C28H26FN5O.